The van der Waals surface area contributed by atoms with E-state index in [0.717, 1.165) is 11.1 Å². The average molecular weight is 300 g/mol. The van der Waals surface area contributed by atoms with Crippen molar-refractivity contribution in [3.8, 4) is 5.75 Å². The molecule has 1 amide bonds. The van der Waals surface area contributed by atoms with Crippen LogP contribution in [-0.2, 0) is 6.42 Å². The summed E-state index contributed by atoms with van der Waals surface area (Å²) in [6.07, 6.45) is 0.510. The molecule has 0 atom stereocenters. The topological polar surface area (TPSA) is 75.3 Å². The van der Waals surface area contributed by atoms with Crippen LogP contribution < -0.4 is 11.1 Å². The first-order valence-electron chi connectivity index (χ1n) is 6.44. The first kappa shape index (κ1) is 15.0. The van der Waals surface area contributed by atoms with Crippen molar-refractivity contribution in [2.24, 2.45) is 5.73 Å². The summed E-state index contributed by atoms with van der Waals surface area (Å²) in [4.78, 5) is 12.6. The van der Waals surface area contributed by atoms with Crippen molar-refractivity contribution in [2.75, 3.05) is 5.32 Å². The molecular weight excluding hydrogens is 284 g/mol. The molecule has 2 aromatic rings. The van der Waals surface area contributed by atoms with Crippen LogP contribution in [0.3, 0.4) is 0 Å². The number of aromatic hydroxyl groups is 1. The highest BCUT2D eigenvalue weighted by atomic mass is 32.1. The minimum atomic E-state index is -0.280. The van der Waals surface area contributed by atoms with E-state index in [2.05, 4.69) is 5.32 Å². The van der Waals surface area contributed by atoms with Crippen molar-refractivity contribution in [3.63, 3.8) is 0 Å². The number of amides is 1. The van der Waals surface area contributed by atoms with Crippen LogP contribution in [0.15, 0.2) is 42.5 Å². The number of nitrogens with two attached hydrogens (primary N) is 1. The van der Waals surface area contributed by atoms with Gasteiger partial charge in [0.05, 0.1) is 10.7 Å². The Morgan fingerprint density at radius 3 is 2.52 bits per heavy atom. The zero-order valence-corrected chi connectivity index (χ0v) is 12.4. The summed E-state index contributed by atoms with van der Waals surface area (Å²) in [6.45, 7) is 1.89. The first-order valence-corrected chi connectivity index (χ1v) is 6.85. The fourth-order valence-corrected chi connectivity index (χ4v) is 2.09. The second-order valence-corrected chi connectivity index (χ2v) is 5.34. The summed E-state index contributed by atoms with van der Waals surface area (Å²) in [5.74, 6) is -0.239. The molecule has 0 spiro atoms. The van der Waals surface area contributed by atoms with E-state index in [-0.39, 0.29) is 11.7 Å². The second kappa shape index (κ2) is 6.37. The van der Waals surface area contributed by atoms with E-state index >= 15 is 0 Å². The number of carbonyl (C=O) groups excluding carboxylic acids is 1. The quantitative estimate of drug-likeness (QED) is 0.599. The fraction of sp³-hybridized carbons (Fsp3) is 0.125. The maximum absolute atomic E-state index is 12.1. The van der Waals surface area contributed by atoms with Crippen LogP contribution in [-0.4, -0.2) is 16.0 Å². The van der Waals surface area contributed by atoms with Crippen LogP contribution in [0, 0.1) is 6.92 Å². The minimum Gasteiger partial charge on any atom is -0.506 e. The molecule has 21 heavy (non-hydrogen) atoms. The average Bonchev–Trinajstić information content (AvgIpc) is 2.43. The van der Waals surface area contributed by atoms with Gasteiger partial charge in [-0.1, -0.05) is 30.4 Å². The summed E-state index contributed by atoms with van der Waals surface area (Å²) in [6, 6.07) is 12.1. The van der Waals surface area contributed by atoms with Crippen molar-refractivity contribution in [1.82, 2.24) is 0 Å². The molecule has 0 aliphatic carbocycles. The number of hydrogen-bond donors (Lipinski definition) is 3. The van der Waals surface area contributed by atoms with Crippen LogP contribution in [0.25, 0.3) is 0 Å². The molecule has 0 unspecified atom stereocenters. The van der Waals surface area contributed by atoms with E-state index in [1.165, 1.54) is 0 Å². The van der Waals surface area contributed by atoms with Crippen molar-refractivity contribution in [2.45, 2.75) is 13.3 Å². The van der Waals surface area contributed by atoms with Crippen LogP contribution in [0.2, 0.25) is 0 Å². The zero-order valence-electron chi connectivity index (χ0n) is 11.6. The molecule has 0 fully saturated rings. The maximum Gasteiger partial charge on any atom is 0.255 e. The largest absolute Gasteiger partial charge is 0.506 e. The summed E-state index contributed by atoms with van der Waals surface area (Å²) in [5.41, 5.74) is 8.29. The second-order valence-electron chi connectivity index (χ2n) is 4.81. The van der Waals surface area contributed by atoms with Crippen molar-refractivity contribution >= 4 is 28.8 Å². The van der Waals surface area contributed by atoms with Gasteiger partial charge in [-0.05, 0) is 42.3 Å². The Morgan fingerprint density at radius 2 is 1.90 bits per heavy atom. The zero-order chi connectivity index (χ0) is 15.4. The molecule has 5 heteroatoms. The van der Waals surface area contributed by atoms with Gasteiger partial charge in [-0.25, -0.2) is 0 Å². The third-order valence-electron chi connectivity index (χ3n) is 2.99. The van der Waals surface area contributed by atoms with Gasteiger partial charge in [-0.2, -0.15) is 0 Å². The third-order valence-corrected chi connectivity index (χ3v) is 3.14. The lowest BCUT2D eigenvalue weighted by Gasteiger charge is -2.08. The van der Waals surface area contributed by atoms with Gasteiger partial charge in [0.25, 0.3) is 5.91 Å². The molecule has 0 saturated heterocycles. The number of phenols is 1. The number of phenolic OH excluding ortho intramolecular Hbond substituents is 1. The van der Waals surface area contributed by atoms with Crippen molar-refractivity contribution in [3.05, 3.63) is 59.2 Å². The normalized spacial score (nSPS) is 10.1. The van der Waals surface area contributed by atoms with Crippen molar-refractivity contribution < 1.29 is 9.90 Å². The molecule has 0 aliphatic heterocycles. The highest BCUT2D eigenvalue weighted by Gasteiger charge is 2.09. The molecule has 108 valence electrons. The molecule has 0 saturated carbocycles. The Bertz CT molecular complexity index is 681. The standard InChI is InChI=1S/C16H16N2O2S/c1-10-2-7-14(19)13(8-10)18-16(20)12-5-3-11(4-6-12)9-15(17)21/h2-8,19H,9H2,1H3,(H2,17,21)(H,18,20). The van der Waals surface area contributed by atoms with Gasteiger partial charge in [-0.15, -0.1) is 0 Å². The molecular formula is C16H16N2O2S. The number of hydrogen-bond acceptors (Lipinski definition) is 3. The van der Waals surface area contributed by atoms with Gasteiger partial charge < -0.3 is 16.2 Å². The van der Waals surface area contributed by atoms with Crippen LogP contribution in [0.4, 0.5) is 5.69 Å². The highest BCUT2D eigenvalue weighted by Crippen LogP contribution is 2.24. The van der Waals surface area contributed by atoms with Gasteiger partial charge in [-0.3, -0.25) is 4.79 Å². The first-order chi connectivity index (χ1) is 9.95. The minimum absolute atomic E-state index is 0.0408. The molecule has 4 nitrogen and oxygen atoms in total. The molecule has 0 bridgehead atoms. The van der Waals surface area contributed by atoms with Crippen LogP contribution >= 0.6 is 12.2 Å². The molecule has 4 N–H and O–H groups in total. The fourth-order valence-electron chi connectivity index (χ4n) is 1.92. The lowest BCUT2D eigenvalue weighted by molar-refractivity contribution is 0.102. The summed E-state index contributed by atoms with van der Waals surface area (Å²) < 4.78 is 0. The maximum atomic E-state index is 12.1. The number of rotatable bonds is 4. The molecule has 0 radical (unpaired) electrons. The molecule has 0 aliphatic rings. The lowest BCUT2D eigenvalue weighted by Crippen LogP contribution is -2.13. The van der Waals surface area contributed by atoms with Gasteiger partial charge in [0.15, 0.2) is 0 Å². The van der Waals surface area contributed by atoms with Crippen molar-refractivity contribution in [1.29, 1.82) is 0 Å². The molecule has 0 heterocycles. The number of nitrogens with one attached hydrogen (secondary N) is 1. The number of thiocarbonyl (C=S) groups is 1. The number of aryl methyl sites for hydroxylation is 1. The highest BCUT2D eigenvalue weighted by molar-refractivity contribution is 7.80. The van der Waals surface area contributed by atoms with E-state index in [4.69, 9.17) is 18.0 Å². The summed E-state index contributed by atoms with van der Waals surface area (Å²) >= 11 is 4.85. The van der Waals surface area contributed by atoms with E-state index in [1.54, 1.807) is 30.3 Å². The Kier molecular flexibility index (Phi) is 4.55. The van der Waals surface area contributed by atoms with Gasteiger partial charge in [0, 0.05) is 12.0 Å². The van der Waals surface area contributed by atoms with Gasteiger partial charge >= 0.3 is 0 Å². The van der Waals surface area contributed by atoms with Gasteiger partial charge in [0.2, 0.25) is 0 Å². The number of carbonyl (C=O) groups is 1. The summed E-state index contributed by atoms with van der Waals surface area (Å²) in [7, 11) is 0. The summed E-state index contributed by atoms with van der Waals surface area (Å²) in [5, 5.41) is 12.4. The monoisotopic (exact) mass is 300 g/mol. The predicted molar refractivity (Wildman–Crippen MR) is 87.7 cm³/mol. The Hall–Kier alpha value is -2.40. The van der Waals surface area contributed by atoms with E-state index < -0.39 is 0 Å². The Labute approximate surface area is 128 Å². The van der Waals surface area contributed by atoms with E-state index in [1.807, 2.05) is 19.1 Å². The van der Waals surface area contributed by atoms with E-state index in [0.29, 0.717) is 22.7 Å². The third kappa shape index (κ3) is 4.03. The lowest BCUT2D eigenvalue weighted by atomic mass is 10.1. The van der Waals surface area contributed by atoms with Crippen LogP contribution in [0.1, 0.15) is 21.5 Å². The molecule has 0 aromatic heterocycles. The Morgan fingerprint density at radius 1 is 1.24 bits per heavy atom. The smallest absolute Gasteiger partial charge is 0.255 e. The molecule has 2 rings (SSSR count). The van der Waals surface area contributed by atoms with E-state index in [9.17, 15) is 9.90 Å². The van der Waals surface area contributed by atoms with Crippen LogP contribution in [0.5, 0.6) is 5.75 Å². The van der Waals surface area contributed by atoms with Gasteiger partial charge in [0.1, 0.15) is 5.75 Å². The SMILES string of the molecule is Cc1ccc(O)c(NC(=O)c2ccc(CC(N)=S)cc2)c1. The number of benzene rings is 2. The molecule has 2 aromatic carbocycles. The predicted octanol–water partition coefficient (Wildman–Crippen LogP) is 2.78. The number of anilines is 1. The Balaban J connectivity index is 2.13.